The number of hydrogen-bond donors (Lipinski definition) is 0. The first-order valence-corrected chi connectivity index (χ1v) is 12.7. The molecule has 1 fully saturated rings. The smallest absolute Gasteiger partial charge is 0.267 e. The Bertz CT molecular complexity index is 1470. The average molecular weight is 504 g/mol. The molecule has 182 valence electrons. The lowest BCUT2D eigenvalue weighted by Crippen LogP contribution is -2.28. The molecular weight excluding hydrogens is 478 g/mol. The molecule has 4 aromatic rings. The minimum Gasteiger partial charge on any atom is -0.467 e. The van der Waals surface area contributed by atoms with Crippen molar-refractivity contribution in [1.29, 1.82) is 0 Å². The third-order valence-electron chi connectivity index (χ3n) is 5.70. The molecular formula is C31H25N3O2S. The second-order valence-electron chi connectivity index (χ2n) is 8.50. The van der Waals surface area contributed by atoms with Gasteiger partial charge in [-0.1, -0.05) is 91.0 Å². The lowest BCUT2D eigenvalue weighted by molar-refractivity contribution is -0.122. The number of amides is 1. The molecule has 0 spiro atoms. The number of hydrogen-bond acceptors (Lipinski definition) is 5. The highest BCUT2D eigenvalue weighted by Gasteiger charge is 2.34. The third-order valence-corrected chi connectivity index (χ3v) is 6.70. The summed E-state index contributed by atoms with van der Waals surface area (Å²) in [6.45, 7) is 2.27. The first-order chi connectivity index (χ1) is 18.2. The van der Waals surface area contributed by atoms with Gasteiger partial charge in [0, 0.05) is 0 Å². The summed E-state index contributed by atoms with van der Waals surface area (Å²) < 4.78 is 5.48. The Kier molecular flexibility index (Phi) is 7.58. The number of carbonyl (C=O) groups is 1. The van der Waals surface area contributed by atoms with Crippen LogP contribution in [0.2, 0.25) is 0 Å². The number of allylic oxidation sites excluding steroid dienone is 2. The molecule has 0 unspecified atom stereocenters. The van der Waals surface area contributed by atoms with E-state index in [4.69, 9.17) is 4.42 Å². The predicted molar refractivity (Wildman–Crippen MR) is 152 cm³/mol. The maximum atomic E-state index is 13.3. The monoisotopic (exact) mass is 503 g/mol. The number of nitrogens with zero attached hydrogens (tertiary/aromatic N) is 3. The highest BCUT2D eigenvalue weighted by atomic mass is 32.2. The molecule has 37 heavy (non-hydrogen) atoms. The summed E-state index contributed by atoms with van der Waals surface area (Å²) in [5.41, 5.74) is 5.28. The van der Waals surface area contributed by atoms with Crippen molar-refractivity contribution in [2.24, 2.45) is 10.2 Å². The fourth-order valence-corrected chi connectivity index (χ4v) is 4.86. The van der Waals surface area contributed by atoms with E-state index in [1.54, 1.807) is 23.4 Å². The van der Waals surface area contributed by atoms with Crippen LogP contribution in [0, 0.1) is 0 Å². The predicted octanol–water partition coefficient (Wildman–Crippen LogP) is 7.40. The van der Waals surface area contributed by atoms with Gasteiger partial charge in [0.2, 0.25) is 0 Å². The van der Waals surface area contributed by atoms with Crippen LogP contribution in [0.5, 0.6) is 0 Å². The molecule has 1 amide bonds. The van der Waals surface area contributed by atoms with Crippen LogP contribution >= 0.6 is 11.8 Å². The van der Waals surface area contributed by atoms with E-state index in [9.17, 15) is 4.79 Å². The molecule has 0 saturated carbocycles. The highest BCUT2D eigenvalue weighted by molar-refractivity contribution is 8.18. The molecule has 1 saturated heterocycles. The van der Waals surface area contributed by atoms with E-state index in [0.717, 1.165) is 27.8 Å². The Hall–Kier alpha value is -4.42. The van der Waals surface area contributed by atoms with Gasteiger partial charge in [-0.25, -0.2) is 0 Å². The van der Waals surface area contributed by atoms with Gasteiger partial charge in [-0.2, -0.15) is 5.10 Å². The SMILES string of the molecule is CC(/C=C1\S/C(=N/N=C\c2ccc(-c3ccccc3)cc2)N(Cc2ccco2)C1=O)=C\c1ccccc1. The minimum atomic E-state index is -0.122. The summed E-state index contributed by atoms with van der Waals surface area (Å²) >= 11 is 1.31. The van der Waals surface area contributed by atoms with Crippen molar-refractivity contribution in [2.75, 3.05) is 0 Å². The number of amidine groups is 1. The molecule has 1 aromatic heterocycles. The maximum absolute atomic E-state index is 13.3. The van der Waals surface area contributed by atoms with Crippen LogP contribution < -0.4 is 0 Å². The molecule has 0 radical (unpaired) electrons. The summed E-state index contributed by atoms with van der Waals surface area (Å²) in [5, 5.41) is 9.21. The third kappa shape index (κ3) is 6.23. The zero-order valence-corrected chi connectivity index (χ0v) is 21.1. The van der Waals surface area contributed by atoms with Crippen molar-refractivity contribution in [3.8, 4) is 11.1 Å². The molecule has 2 heterocycles. The van der Waals surface area contributed by atoms with E-state index in [1.807, 2.05) is 85.8 Å². The lowest BCUT2D eigenvalue weighted by Gasteiger charge is -2.12. The van der Waals surface area contributed by atoms with Crippen LogP contribution in [0.25, 0.3) is 17.2 Å². The second-order valence-corrected chi connectivity index (χ2v) is 9.50. The number of thioether (sulfide) groups is 1. The Morgan fingerprint density at radius 1 is 0.865 bits per heavy atom. The van der Waals surface area contributed by atoms with Crippen molar-refractivity contribution < 1.29 is 9.21 Å². The summed E-state index contributed by atoms with van der Waals surface area (Å²) in [6, 6.07) is 32.0. The fraction of sp³-hybridized carbons (Fsp3) is 0.0645. The lowest BCUT2D eigenvalue weighted by atomic mass is 10.0. The Balaban J connectivity index is 1.36. The van der Waals surface area contributed by atoms with Crippen molar-refractivity contribution in [1.82, 2.24) is 4.90 Å². The topological polar surface area (TPSA) is 58.2 Å². The van der Waals surface area contributed by atoms with E-state index < -0.39 is 0 Å². The van der Waals surface area contributed by atoms with Gasteiger partial charge in [-0.3, -0.25) is 9.69 Å². The molecule has 3 aromatic carbocycles. The van der Waals surface area contributed by atoms with Crippen LogP contribution in [0.1, 0.15) is 23.8 Å². The maximum Gasteiger partial charge on any atom is 0.267 e. The van der Waals surface area contributed by atoms with Gasteiger partial charge >= 0.3 is 0 Å². The molecule has 0 aliphatic carbocycles. The molecule has 6 heteroatoms. The molecule has 0 atom stereocenters. The summed E-state index contributed by atoms with van der Waals surface area (Å²) in [7, 11) is 0. The zero-order valence-electron chi connectivity index (χ0n) is 20.3. The van der Waals surface area contributed by atoms with Crippen molar-refractivity contribution in [3.05, 3.63) is 137 Å². The molecule has 0 bridgehead atoms. The zero-order chi connectivity index (χ0) is 25.5. The van der Waals surface area contributed by atoms with Crippen molar-refractivity contribution in [3.63, 3.8) is 0 Å². The molecule has 5 nitrogen and oxygen atoms in total. The number of carbonyl (C=O) groups excluding carboxylic acids is 1. The fourth-order valence-electron chi connectivity index (χ4n) is 3.88. The van der Waals surface area contributed by atoms with Crippen LogP contribution in [0.4, 0.5) is 0 Å². The van der Waals surface area contributed by atoms with E-state index in [-0.39, 0.29) is 12.5 Å². The normalized spacial score (nSPS) is 16.4. The first-order valence-electron chi connectivity index (χ1n) is 11.9. The molecule has 5 rings (SSSR count). The van der Waals surface area contributed by atoms with Gasteiger partial charge in [0.25, 0.3) is 5.91 Å². The number of benzene rings is 3. The first kappa shape index (κ1) is 24.3. The quantitative estimate of drug-likeness (QED) is 0.150. The molecule has 1 aliphatic rings. The Morgan fingerprint density at radius 3 is 2.27 bits per heavy atom. The Morgan fingerprint density at radius 2 is 1.57 bits per heavy atom. The van der Waals surface area contributed by atoms with Crippen molar-refractivity contribution in [2.45, 2.75) is 13.5 Å². The van der Waals surface area contributed by atoms with Crippen LogP contribution in [0.15, 0.2) is 134 Å². The summed E-state index contributed by atoms with van der Waals surface area (Å²) in [6.07, 6.45) is 7.23. The van der Waals surface area contributed by atoms with Gasteiger partial charge in [-0.15, -0.1) is 5.10 Å². The summed E-state index contributed by atoms with van der Waals surface area (Å²) in [5.74, 6) is 0.559. The van der Waals surface area contributed by atoms with E-state index in [2.05, 4.69) is 34.5 Å². The van der Waals surface area contributed by atoms with Crippen LogP contribution in [-0.4, -0.2) is 22.2 Å². The van der Waals surface area contributed by atoms with E-state index >= 15 is 0 Å². The number of rotatable bonds is 7. The van der Waals surface area contributed by atoms with Crippen LogP contribution in [-0.2, 0) is 11.3 Å². The van der Waals surface area contributed by atoms with Gasteiger partial charge in [-0.05, 0) is 64.7 Å². The minimum absolute atomic E-state index is 0.122. The molecule has 0 N–H and O–H groups in total. The van der Waals surface area contributed by atoms with E-state index in [0.29, 0.717) is 15.8 Å². The largest absolute Gasteiger partial charge is 0.467 e. The van der Waals surface area contributed by atoms with Gasteiger partial charge in [0.1, 0.15) is 5.76 Å². The van der Waals surface area contributed by atoms with E-state index in [1.165, 1.54) is 11.8 Å². The Labute approximate surface area is 220 Å². The number of furan rings is 1. The summed E-state index contributed by atoms with van der Waals surface area (Å²) in [4.78, 5) is 15.5. The standard InChI is InChI=1S/C31H25N3O2S/c1-23(19-24-9-4-2-5-10-24)20-29-30(35)34(22-28-13-8-18-36-28)31(37-29)33-32-21-25-14-16-27(17-15-25)26-11-6-3-7-12-26/h2-21H,22H2,1H3/b23-19+,29-20-,32-21-,33-31+. The van der Waals surface area contributed by atoms with Gasteiger partial charge in [0.15, 0.2) is 5.17 Å². The average Bonchev–Trinajstić information content (AvgIpc) is 3.54. The highest BCUT2D eigenvalue weighted by Crippen LogP contribution is 2.33. The van der Waals surface area contributed by atoms with Crippen LogP contribution in [0.3, 0.4) is 0 Å². The van der Waals surface area contributed by atoms with Gasteiger partial charge < -0.3 is 4.42 Å². The van der Waals surface area contributed by atoms with Gasteiger partial charge in [0.05, 0.1) is 23.9 Å². The molecule has 1 aliphatic heterocycles. The second kappa shape index (κ2) is 11.5. The van der Waals surface area contributed by atoms with Crippen molar-refractivity contribution >= 4 is 35.1 Å².